The maximum atomic E-state index is 13.6. The monoisotopic (exact) mass is 369 g/mol. The highest BCUT2D eigenvalue weighted by molar-refractivity contribution is 5.79. The number of benzene rings is 1. The van der Waals surface area contributed by atoms with Crippen molar-refractivity contribution in [2.75, 3.05) is 13.1 Å². The molecule has 1 unspecified atom stereocenters. The van der Waals surface area contributed by atoms with Gasteiger partial charge in [-0.05, 0) is 26.0 Å². The van der Waals surface area contributed by atoms with E-state index in [1.807, 2.05) is 6.92 Å². The van der Waals surface area contributed by atoms with Crippen LogP contribution in [0.25, 0.3) is 0 Å². The van der Waals surface area contributed by atoms with Crippen LogP contribution in [0, 0.1) is 5.82 Å². The zero-order chi connectivity index (χ0) is 18.9. The Morgan fingerprint density at radius 1 is 1.31 bits per heavy atom. The first-order chi connectivity index (χ1) is 12.5. The fourth-order valence-electron chi connectivity index (χ4n) is 2.17. The largest absolute Gasteiger partial charge is 0.486 e. The number of para-hydroxylation sites is 1. The maximum absolute atomic E-state index is 13.6. The summed E-state index contributed by atoms with van der Waals surface area (Å²) in [6.45, 7) is 1.95. The molecule has 0 fully saturated rings. The number of nitrogens with one attached hydrogen (secondary N) is 2. The topological polar surface area (TPSA) is 63.5 Å². The van der Waals surface area contributed by atoms with Crippen LogP contribution in [0.5, 0.6) is 5.75 Å². The van der Waals surface area contributed by atoms with E-state index < -0.39 is 12.4 Å². The van der Waals surface area contributed by atoms with Crippen molar-refractivity contribution in [2.45, 2.75) is 33.0 Å². The number of nitrogens with zero attached hydrogens (tertiary/aromatic N) is 3. The fourth-order valence-corrected chi connectivity index (χ4v) is 2.17. The van der Waals surface area contributed by atoms with Gasteiger partial charge in [0.15, 0.2) is 17.5 Å². The number of halogens is 3. The Kier molecular flexibility index (Phi) is 7.31. The summed E-state index contributed by atoms with van der Waals surface area (Å²) in [4.78, 5) is 8.13. The third-order valence-corrected chi connectivity index (χ3v) is 3.40. The smallest absolute Gasteiger partial charge is 0.319 e. The first-order valence-electron chi connectivity index (χ1n) is 8.24. The van der Waals surface area contributed by atoms with Gasteiger partial charge in [-0.15, -0.1) is 0 Å². The van der Waals surface area contributed by atoms with Gasteiger partial charge in [-0.1, -0.05) is 12.1 Å². The molecule has 2 aromatic rings. The van der Waals surface area contributed by atoms with E-state index in [1.165, 1.54) is 18.5 Å². The third kappa shape index (κ3) is 5.68. The van der Waals surface area contributed by atoms with Gasteiger partial charge in [0.1, 0.15) is 18.5 Å². The molecule has 1 atom stereocenters. The number of aromatic nitrogens is 2. The zero-order valence-corrected chi connectivity index (χ0v) is 14.6. The molecule has 6 nitrogen and oxygen atoms in total. The highest BCUT2D eigenvalue weighted by Crippen LogP contribution is 2.16. The predicted octanol–water partition coefficient (Wildman–Crippen LogP) is 2.94. The number of ether oxygens (including phenoxy) is 1. The summed E-state index contributed by atoms with van der Waals surface area (Å²) < 4.78 is 45.5. The SMILES string of the molecule is CCNC(=NCc1nccn1C(F)F)NCC(C)Oc1ccccc1F. The van der Waals surface area contributed by atoms with E-state index in [-0.39, 0.29) is 24.2 Å². The second kappa shape index (κ2) is 9.69. The highest BCUT2D eigenvalue weighted by Gasteiger charge is 2.12. The van der Waals surface area contributed by atoms with E-state index in [2.05, 4.69) is 20.6 Å². The van der Waals surface area contributed by atoms with E-state index in [4.69, 9.17) is 4.74 Å². The highest BCUT2D eigenvalue weighted by atomic mass is 19.3. The van der Waals surface area contributed by atoms with Gasteiger partial charge in [-0.25, -0.2) is 14.4 Å². The maximum Gasteiger partial charge on any atom is 0.319 e. The van der Waals surface area contributed by atoms with Gasteiger partial charge < -0.3 is 15.4 Å². The van der Waals surface area contributed by atoms with E-state index in [0.29, 0.717) is 19.0 Å². The summed E-state index contributed by atoms with van der Waals surface area (Å²) in [7, 11) is 0. The second-order valence-corrected chi connectivity index (χ2v) is 5.46. The number of hydrogen-bond donors (Lipinski definition) is 2. The van der Waals surface area contributed by atoms with Gasteiger partial charge in [0.05, 0.1) is 6.54 Å². The minimum absolute atomic E-state index is 0.00474. The van der Waals surface area contributed by atoms with Crippen LogP contribution in [0.1, 0.15) is 26.2 Å². The average molecular weight is 369 g/mol. The molecule has 2 rings (SSSR count). The lowest BCUT2D eigenvalue weighted by Crippen LogP contribution is -2.41. The molecule has 0 saturated heterocycles. The molecule has 26 heavy (non-hydrogen) atoms. The van der Waals surface area contributed by atoms with Crippen LogP contribution in [0.3, 0.4) is 0 Å². The van der Waals surface area contributed by atoms with Gasteiger partial charge in [-0.3, -0.25) is 4.57 Å². The summed E-state index contributed by atoms with van der Waals surface area (Å²) in [6.07, 6.45) is 2.18. The molecule has 0 aliphatic heterocycles. The molecular formula is C17H22F3N5O. The molecule has 0 bridgehead atoms. The van der Waals surface area contributed by atoms with Crippen molar-refractivity contribution >= 4 is 5.96 Å². The summed E-state index contributed by atoms with van der Waals surface area (Å²) in [5.74, 6) is 0.328. The Morgan fingerprint density at radius 2 is 2.08 bits per heavy atom. The number of rotatable bonds is 8. The van der Waals surface area contributed by atoms with E-state index in [1.54, 1.807) is 25.1 Å². The summed E-state index contributed by atoms with van der Waals surface area (Å²) in [6, 6.07) is 6.15. The molecule has 2 N–H and O–H groups in total. The number of guanidine groups is 1. The minimum Gasteiger partial charge on any atom is -0.486 e. The van der Waals surface area contributed by atoms with Gasteiger partial charge >= 0.3 is 6.55 Å². The van der Waals surface area contributed by atoms with Crippen molar-refractivity contribution in [1.29, 1.82) is 0 Å². The molecule has 0 spiro atoms. The number of aliphatic imine (C=N–C) groups is 1. The quantitative estimate of drug-likeness (QED) is 0.555. The standard InChI is InChI=1S/C17H22F3N5O/c1-3-21-17(24-11-15-22-8-9-25(15)16(19)20)23-10-12(2)26-14-7-5-4-6-13(14)18/h4-9,12,16H,3,10-11H2,1-2H3,(H2,21,23,24). The fraction of sp³-hybridized carbons (Fsp3) is 0.412. The molecule has 1 heterocycles. The van der Waals surface area contributed by atoms with Crippen LogP contribution in [0.2, 0.25) is 0 Å². The normalized spacial score (nSPS) is 12.9. The third-order valence-electron chi connectivity index (χ3n) is 3.40. The molecule has 0 radical (unpaired) electrons. The zero-order valence-electron chi connectivity index (χ0n) is 14.6. The lowest BCUT2D eigenvalue weighted by atomic mass is 10.3. The first-order valence-corrected chi connectivity index (χ1v) is 8.24. The van der Waals surface area contributed by atoms with Crippen molar-refractivity contribution in [1.82, 2.24) is 20.2 Å². The minimum atomic E-state index is -2.66. The molecule has 0 aliphatic carbocycles. The van der Waals surface area contributed by atoms with Crippen LogP contribution in [0.4, 0.5) is 13.2 Å². The summed E-state index contributed by atoms with van der Waals surface area (Å²) in [5, 5.41) is 6.05. The molecular weight excluding hydrogens is 347 g/mol. The number of imidazole rings is 1. The molecule has 1 aromatic carbocycles. The summed E-state index contributed by atoms with van der Waals surface area (Å²) >= 11 is 0. The van der Waals surface area contributed by atoms with Gasteiger partial charge in [0.2, 0.25) is 0 Å². The Labute approximate surface area is 150 Å². The van der Waals surface area contributed by atoms with E-state index >= 15 is 0 Å². The summed E-state index contributed by atoms with van der Waals surface area (Å²) in [5.41, 5.74) is 0. The van der Waals surface area contributed by atoms with E-state index in [0.717, 1.165) is 4.57 Å². The lowest BCUT2D eigenvalue weighted by molar-refractivity contribution is 0.0671. The van der Waals surface area contributed by atoms with Crippen LogP contribution in [0.15, 0.2) is 41.7 Å². The molecule has 9 heteroatoms. The van der Waals surface area contributed by atoms with Crippen LogP contribution in [-0.4, -0.2) is 34.7 Å². The van der Waals surface area contributed by atoms with Crippen molar-refractivity contribution in [3.05, 3.63) is 48.3 Å². The van der Waals surface area contributed by atoms with E-state index in [9.17, 15) is 13.2 Å². The predicted molar refractivity (Wildman–Crippen MR) is 92.8 cm³/mol. The molecule has 142 valence electrons. The van der Waals surface area contributed by atoms with Crippen molar-refractivity contribution in [3.63, 3.8) is 0 Å². The van der Waals surface area contributed by atoms with Gasteiger partial charge in [0.25, 0.3) is 0 Å². The number of alkyl halides is 2. The molecule has 1 aromatic heterocycles. The van der Waals surface area contributed by atoms with Crippen molar-refractivity contribution in [3.8, 4) is 5.75 Å². The lowest BCUT2D eigenvalue weighted by Gasteiger charge is -2.18. The molecule has 0 saturated carbocycles. The average Bonchev–Trinajstić information content (AvgIpc) is 3.08. The first kappa shape index (κ1) is 19.6. The second-order valence-electron chi connectivity index (χ2n) is 5.46. The van der Waals surface area contributed by atoms with Crippen LogP contribution < -0.4 is 15.4 Å². The van der Waals surface area contributed by atoms with Gasteiger partial charge in [-0.2, -0.15) is 8.78 Å². The Balaban J connectivity index is 1.92. The van der Waals surface area contributed by atoms with Crippen LogP contribution >= 0.6 is 0 Å². The Hall–Kier alpha value is -2.71. The van der Waals surface area contributed by atoms with Gasteiger partial charge in [0, 0.05) is 18.9 Å². The number of hydrogen-bond acceptors (Lipinski definition) is 3. The molecule has 0 amide bonds. The Bertz CT molecular complexity index is 720. The Morgan fingerprint density at radius 3 is 2.77 bits per heavy atom. The van der Waals surface area contributed by atoms with Crippen molar-refractivity contribution < 1.29 is 17.9 Å². The van der Waals surface area contributed by atoms with Crippen LogP contribution in [-0.2, 0) is 6.54 Å². The van der Waals surface area contributed by atoms with Crippen molar-refractivity contribution in [2.24, 2.45) is 4.99 Å². The molecule has 0 aliphatic rings.